The van der Waals surface area contributed by atoms with E-state index in [1.807, 2.05) is 36.4 Å². The normalized spacial score (nSPS) is 13.9. The van der Waals surface area contributed by atoms with Crippen molar-refractivity contribution in [2.45, 2.75) is 32.1 Å². The number of rotatable bonds is 2. The summed E-state index contributed by atoms with van der Waals surface area (Å²) in [6.07, 6.45) is 6.18. The minimum atomic E-state index is -0.299. The zero-order chi connectivity index (χ0) is 21.1. The van der Waals surface area contributed by atoms with Crippen LogP contribution in [-0.2, 0) is 19.3 Å². The first kappa shape index (κ1) is 19.9. The van der Waals surface area contributed by atoms with E-state index in [1.54, 1.807) is 20.4 Å². The summed E-state index contributed by atoms with van der Waals surface area (Å²) in [6.45, 7) is 0. The zero-order valence-corrected chi connectivity index (χ0v) is 17.2. The van der Waals surface area contributed by atoms with E-state index in [2.05, 4.69) is 9.97 Å². The number of ether oxygens (including phenoxy) is 2. The van der Waals surface area contributed by atoms with Gasteiger partial charge in [0, 0.05) is 23.7 Å². The third-order valence-electron chi connectivity index (χ3n) is 5.60. The first-order valence-corrected chi connectivity index (χ1v) is 10.0. The first-order valence-electron chi connectivity index (χ1n) is 10.0. The van der Waals surface area contributed by atoms with Gasteiger partial charge >= 0.3 is 5.69 Å². The first-order chi connectivity index (χ1) is 14.6. The number of hydrogen-bond donors (Lipinski definition) is 1. The molecular formula is C24H24N2O4. The molecule has 1 aromatic heterocycles. The van der Waals surface area contributed by atoms with Crippen molar-refractivity contribution < 1.29 is 14.3 Å². The Morgan fingerprint density at radius 3 is 2.13 bits per heavy atom. The van der Waals surface area contributed by atoms with Crippen LogP contribution in [0.2, 0.25) is 0 Å². The van der Waals surface area contributed by atoms with E-state index in [0.717, 1.165) is 65.1 Å². The van der Waals surface area contributed by atoms with Crippen LogP contribution >= 0.6 is 0 Å². The van der Waals surface area contributed by atoms with Crippen molar-refractivity contribution >= 4 is 5.78 Å². The molecule has 0 atom stereocenters. The number of aromatic nitrogens is 2. The number of methoxy groups -OCH3 is 2. The van der Waals surface area contributed by atoms with Gasteiger partial charge in [-0.15, -0.1) is 0 Å². The second-order valence-electron chi connectivity index (χ2n) is 7.41. The van der Waals surface area contributed by atoms with Crippen LogP contribution in [0.25, 0.3) is 11.3 Å². The Morgan fingerprint density at radius 1 is 0.800 bits per heavy atom. The molecule has 0 saturated carbocycles. The van der Waals surface area contributed by atoms with Gasteiger partial charge in [-0.1, -0.05) is 0 Å². The Hall–Kier alpha value is -3.41. The van der Waals surface area contributed by atoms with Crippen molar-refractivity contribution in [3.05, 3.63) is 75.3 Å². The Labute approximate surface area is 174 Å². The third kappa shape index (κ3) is 3.99. The Bertz CT molecular complexity index is 1150. The molecule has 6 nitrogen and oxygen atoms in total. The van der Waals surface area contributed by atoms with Crippen molar-refractivity contribution in [3.8, 4) is 22.8 Å². The van der Waals surface area contributed by atoms with Gasteiger partial charge < -0.3 is 14.5 Å². The van der Waals surface area contributed by atoms with Crippen LogP contribution < -0.4 is 15.2 Å². The molecule has 30 heavy (non-hydrogen) atoms. The summed E-state index contributed by atoms with van der Waals surface area (Å²) in [5.74, 6) is 1.96. The average molecular weight is 404 g/mol. The quantitative estimate of drug-likeness (QED) is 0.703. The number of aromatic amines is 1. The van der Waals surface area contributed by atoms with Crippen LogP contribution in [-0.4, -0.2) is 30.0 Å². The number of ketones is 1. The number of nitrogens with zero attached hydrogens (tertiary/aromatic N) is 1. The molecule has 2 aliphatic carbocycles. The van der Waals surface area contributed by atoms with E-state index >= 15 is 0 Å². The molecule has 6 heteroatoms. The molecule has 0 aliphatic heterocycles. The van der Waals surface area contributed by atoms with E-state index in [9.17, 15) is 9.59 Å². The van der Waals surface area contributed by atoms with Gasteiger partial charge in [0.15, 0.2) is 5.78 Å². The molecule has 5 rings (SSSR count). The van der Waals surface area contributed by atoms with Crippen LogP contribution in [0.5, 0.6) is 11.5 Å². The number of hydrogen-bond acceptors (Lipinski definition) is 5. The highest BCUT2D eigenvalue weighted by atomic mass is 16.5. The summed E-state index contributed by atoms with van der Waals surface area (Å²) >= 11 is 0. The van der Waals surface area contributed by atoms with E-state index in [0.29, 0.717) is 6.42 Å². The molecule has 1 heterocycles. The number of fused-ring (bicyclic) bond motifs is 4. The highest BCUT2D eigenvalue weighted by molar-refractivity contribution is 5.98. The summed E-state index contributed by atoms with van der Waals surface area (Å²) in [4.78, 5) is 29.3. The average Bonchev–Trinajstić information content (AvgIpc) is 2.78. The number of H-pyrrole nitrogens is 1. The maximum absolute atomic E-state index is 11.4. The molecule has 0 fully saturated rings. The molecule has 0 unspecified atom stereocenters. The lowest BCUT2D eigenvalue weighted by Crippen LogP contribution is -2.16. The smallest absolute Gasteiger partial charge is 0.345 e. The largest absolute Gasteiger partial charge is 0.497 e. The number of Topliss-reactive ketones (excluding diaryl/α,β-unsaturated/α-hetero) is 1. The van der Waals surface area contributed by atoms with Gasteiger partial charge in [0.25, 0.3) is 0 Å². The monoisotopic (exact) mass is 404 g/mol. The molecule has 0 saturated heterocycles. The molecule has 0 bridgehead atoms. The second-order valence-corrected chi connectivity index (χ2v) is 7.41. The zero-order valence-electron chi connectivity index (χ0n) is 17.2. The molecule has 1 N–H and O–H groups in total. The number of carbonyl (C=O) groups excluding carboxylic acids is 1. The highest BCUT2D eigenvalue weighted by Crippen LogP contribution is 2.32. The number of aryl methyl sites for hydroxylation is 3. The van der Waals surface area contributed by atoms with Gasteiger partial charge in [-0.05, 0) is 78.8 Å². The van der Waals surface area contributed by atoms with E-state index in [-0.39, 0.29) is 11.5 Å². The summed E-state index contributed by atoms with van der Waals surface area (Å²) in [7, 11) is 3.30. The highest BCUT2D eigenvalue weighted by Gasteiger charge is 2.18. The fourth-order valence-electron chi connectivity index (χ4n) is 4.02. The molecule has 3 aromatic rings. The molecule has 2 aromatic carbocycles. The van der Waals surface area contributed by atoms with Gasteiger partial charge in [-0.2, -0.15) is 0 Å². The molecular weight excluding hydrogens is 380 g/mol. The summed E-state index contributed by atoms with van der Waals surface area (Å²) in [5.41, 5.74) is 6.00. The topological polar surface area (TPSA) is 81.3 Å². The third-order valence-corrected chi connectivity index (χ3v) is 5.60. The summed E-state index contributed by atoms with van der Waals surface area (Å²) in [5, 5.41) is 0. The SMILES string of the molecule is COc1ccc2c(c1)CCCC2=O.COc1ccc2c(c1)CCc1cnc(=O)[nH]c1-2. The van der Waals surface area contributed by atoms with Crippen LogP contribution in [0, 0.1) is 0 Å². The Morgan fingerprint density at radius 2 is 1.43 bits per heavy atom. The van der Waals surface area contributed by atoms with Crippen molar-refractivity contribution in [3.63, 3.8) is 0 Å². The number of carbonyl (C=O) groups is 1. The van der Waals surface area contributed by atoms with E-state index in [4.69, 9.17) is 9.47 Å². The van der Waals surface area contributed by atoms with Crippen molar-refractivity contribution in [2.75, 3.05) is 14.2 Å². The lowest BCUT2D eigenvalue weighted by molar-refractivity contribution is 0.0972. The minimum absolute atomic E-state index is 0.268. The number of nitrogens with one attached hydrogen (secondary N) is 1. The lowest BCUT2D eigenvalue weighted by atomic mass is 9.90. The van der Waals surface area contributed by atoms with Crippen molar-refractivity contribution in [1.82, 2.24) is 9.97 Å². The number of benzene rings is 2. The van der Waals surface area contributed by atoms with Crippen LogP contribution in [0.3, 0.4) is 0 Å². The standard InChI is InChI=1S/C13H12N2O2.C11H12O2/c1-17-10-4-5-11-8(6-10)2-3-9-7-14-13(16)15-12(9)11;1-13-9-5-6-10-8(7-9)3-2-4-11(10)12/h4-7H,2-3H2,1H3,(H,14,15,16);5-7H,2-4H2,1H3. The summed E-state index contributed by atoms with van der Waals surface area (Å²) < 4.78 is 10.3. The van der Waals surface area contributed by atoms with Crippen molar-refractivity contribution in [2.24, 2.45) is 0 Å². The fourth-order valence-corrected chi connectivity index (χ4v) is 4.02. The van der Waals surface area contributed by atoms with Gasteiger partial charge in [0.1, 0.15) is 11.5 Å². The molecule has 0 amide bonds. The van der Waals surface area contributed by atoms with E-state index < -0.39 is 0 Å². The second kappa shape index (κ2) is 8.53. The van der Waals surface area contributed by atoms with Crippen LogP contribution in [0.4, 0.5) is 0 Å². The molecule has 154 valence electrons. The van der Waals surface area contributed by atoms with Crippen molar-refractivity contribution in [1.29, 1.82) is 0 Å². The Balaban J connectivity index is 0.000000151. The molecule has 2 aliphatic rings. The predicted octanol–water partition coefficient (Wildman–Crippen LogP) is 3.76. The molecule has 0 radical (unpaired) electrons. The lowest BCUT2D eigenvalue weighted by Gasteiger charge is -2.19. The van der Waals surface area contributed by atoms with Gasteiger partial charge in [0.2, 0.25) is 0 Å². The minimum Gasteiger partial charge on any atom is -0.497 e. The maximum atomic E-state index is 11.4. The predicted molar refractivity (Wildman–Crippen MR) is 115 cm³/mol. The van der Waals surface area contributed by atoms with Gasteiger partial charge in [-0.25, -0.2) is 9.78 Å². The van der Waals surface area contributed by atoms with Crippen LogP contribution in [0.1, 0.15) is 39.9 Å². The molecule has 0 spiro atoms. The van der Waals surface area contributed by atoms with Gasteiger partial charge in [0.05, 0.1) is 19.9 Å². The Kier molecular flexibility index (Phi) is 5.65. The van der Waals surface area contributed by atoms with Gasteiger partial charge in [-0.3, -0.25) is 4.79 Å². The maximum Gasteiger partial charge on any atom is 0.345 e. The summed E-state index contributed by atoms with van der Waals surface area (Å²) in [6, 6.07) is 11.6. The van der Waals surface area contributed by atoms with Crippen LogP contribution in [0.15, 0.2) is 47.4 Å². The fraction of sp³-hybridized carbons (Fsp3) is 0.292. The van der Waals surface area contributed by atoms with E-state index in [1.165, 1.54) is 5.56 Å².